The summed E-state index contributed by atoms with van der Waals surface area (Å²) in [6, 6.07) is 20.5. The van der Waals surface area contributed by atoms with Crippen LogP contribution in [-0.2, 0) is 25.8 Å². The molecule has 3 aromatic carbocycles. The van der Waals surface area contributed by atoms with Gasteiger partial charge in [-0.1, -0.05) is 81.8 Å². The highest BCUT2D eigenvalue weighted by Crippen LogP contribution is 2.29. The number of hydrogen-bond acceptors (Lipinski definition) is 7. The number of aldehydes is 1. The Balaban J connectivity index is 0. The van der Waals surface area contributed by atoms with Crippen molar-refractivity contribution in [2.75, 3.05) is 14.1 Å². The molecular formula is C30H45N5O2. The van der Waals surface area contributed by atoms with E-state index in [2.05, 4.69) is 78.1 Å². The molecule has 0 aliphatic rings. The third kappa shape index (κ3) is 11.4. The van der Waals surface area contributed by atoms with Gasteiger partial charge in [-0.05, 0) is 77.7 Å². The van der Waals surface area contributed by atoms with Gasteiger partial charge in [0.1, 0.15) is 5.69 Å². The molecule has 3 rings (SSSR count). The maximum Gasteiger partial charge on any atom is 0.152 e. The van der Waals surface area contributed by atoms with Crippen molar-refractivity contribution in [2.24, 2.45) is 21.6 Å². The molecule has 37 heavy (non-hydrogen) atoms. The van der Waals surface area contributed by atoms with E-state index in [4.69, 9.17) is 5.73 Å². The van der Waals surface area contributed by atoms with E-state index in [0.29, 0.717) is 24.1 Å². The van der Waals surface area contributed by atoms with Gasteiger partial charge in [-0.15, -0.1) is 4.91 Å². The average molecular weight is 508 g/mol. The van der Waals surface area contributed by atoms with Crippen molar-refractivity contribution in [3.05, 3.63) is 93.4 Å². The van der Waals surface area contributed by atoms with E-state index in [1.807, 2.05) is 19.9 Å². The van der Waals surface area contributed by atoms with Gasteiger partial charge in [-0.25, -0.2) is 0 Å². The lowest BCUT2D eigenvalue weighted by atomic mass is 9.93. The van der Waals surface area contributed by atoms with Gasteiger partial charge in [-0.2, -0.15) is 0 Å². The molecule has 0 spiro atoms. The van der Waals surface area contributed by atoms with Crippen LogP contribution in [0.2, 0.25) is 0 Å². The van der Waals surface area contributed by atoms with Crippen LogP contribution in [0.4, 0.5) is 5.69 Å². The van der Waals surface area contributed by atoms with Gasteiger partial charge in [0, 0.05) is 19.2 Å². The number of carbonyl (C=O) groups is 1. The molecule has 0 radical (unpaired) electrons. The standard InChI is InChI=1S/C25H26N2O2.C2H5N.C2H6.CH5N.H3N/c1-2-4-24-21(13-14-23(17-28)25(24)27-29)12-7-18-5-3-6-22(15-18)20-10-8-19(16-26)9-11-20;1-3-2;2*1-2;/h3,5-6,8-11,13-15,17H,2,4,7,12,16,26H2,1H3;1H2,2H3;1-2H3;2H2,1H3;1H3. The number of nitroso groups, excluding NO2 is 1. The third-order valence-electron chi connectivity index (χ3n) is 5.26. The van der Waals surface area contributed by atoms with Gasteiger partial charge >= 0.3 is 0 Å². The molecule has 0 aliphatic carbocycles. The molecule has 0 fully saturated rings. The fraction of sp³-hybridized carbons (Fsp3) is 0.333. The predicted molar refractivity (Wildman–Crippen MR) is 160 cm³/mol. The van der Waals surface area contributed by atoms with Crippen LogP contribution in [0.25, 0.3) is 11.1 Å². The minimum absolute atomic E-state index is 0. The van der Waals surface area contributed by atoms with Crippen molar-refractivity contribution in [1.29, 1.82) is 0 Å². The lowest BCUT2D eigenvalue weighted by Gasteiger charge is -2.13. The Kier molecular flexibility index (Phi) is 20.9. The third-order valence-corrected chi connectivity index (χ3v) is 5.26. The fourth-order valence-electron chi connectivity index (χ4n) is 3.68. The first-order chi connectivity index (χ1) is 17.6. The van der Waals surface area contributed by atoms with Gasteiger partial charge in [0.05, 0.1) is 0 Å². The maximum atomic E-state index is 11.3. The number of nitrogens with zero attached hydrogens (tertiary/aromatic N) is 2. The zero-order valence-corrected chi connectivity index (χ0v) is 23.2. The van der Waals surface area contributed by atoms with Crippen LogP contribution in [0, 0.1) is 4.91 Å². The highest BCUT2D eigenvalue weighted by molar-refractivity contribution is 5.84. The Morgan fingerprint density at radius 3 is 2.03 bits per heavy atom. The fourth-order valence-corrected chi connectivity index (χ4v) is 3.68. The maximum absolute atomic E-state index is 11.3. The first kappa shape index (κ1) is 35.6. The minimum atomic E-state index is 0. The Morgan fingerprint density at radius 2 is 1.51 bits per heavy atom. The Morgan fingerprint density at radius 1 is 0.892 bits per heavy atom. The summed E-state index contributed by atoms with van der Waals surface area (Å²) in [5.74, 6) is 0. The summed E-state index contributed by atoms with van der Waals surface area (Å²) in [7, 11) is 3.14. The SMILES string of the molecule is C=NC.CC.CCCc1c(CCc2cccc(-c3ccc(CN)cc3)c2)ccc(C=O)c1N=O.CN.N. The first-order valence-electron chi connectivity index (χ1n) is 12.4. The molecule has 0 amide bonds. The molecule has 7 heteroatoms. The molecule has 3 aromatic rings. The van der Waals surface area contributed by atoms with Gasteiger partial charge in [-0.3, -0.25) is 4.79 Å². The van der Waals surface area contributed by atoms with E-state index >= 15 is 0 Å². The number of aryl methyl sites for hydroxylation is 2. The van der Waals surface area contributed by atoms with Crippen molar-refractivity contribution in [2.45, 2.75) is 53.0 Å². The number of hydrogen-bond donors (Lipinski definition) is 3. The molecule has 0 heterocycles. The summed E-state index contributed by atoms with van der Waals surface area (Å²) >= 11 is 0. The summed E-state index contributed by atoms with van der Waals surface area (Å²) in [6.45, 7) is 9.71. The molecule has 0 unspecified atom stereocenters. The first-order valence-corrected chi connectivity index (χ1v) is 12.4. The zero-order chi connectivity index (χ0) is 27.3. The minimum Gasteiger partial charge on any atom is -0.344 e. The van der Waals surface area contributed by atoms with Crippen molar-refractivity contribution < 1.29 is 4.79 Å². The summed E-state index contributed by atoms with van der Waals surface area (Å²) in [5, 5.41) is 3.15. The van der Waals surface area contributed by atoms with Crippen LogP contribution in [0.15, 0.2) is 70.8 Å². The quantitative estimate of drug-likeness (QED) is 0.165. The lowest BCUT2D eigenvalue weighted by Crippen LogP contribution is -2.00. The van der Waals surface area contributed by atoms with Crippen LogP contribution in [-0.4, -0.2) is 27.1 Å². The van der Waals surface area contributed by atoms with Crippen molar-refractivity contribution >= 4 is 18.7 Å². The number of benzene rings is 3. The van der Waals surface area contributed by atoms with Crippen LogP contribution < -0.4 is 17.6 Å². The normalized spacial score (nSPS) is 9.05. The van der Waals surface area contributed by atoms with E-state index in [9.17, 15) is 9.70 Å². The second-order valence-corrected chi connectivity index (χ2v) is 7.52. The number of rotatable bonds is 9. The molecule has 202 valence electrons. The molecule has 0 atom stereocenters. The molecule has 0 aromatic heterocycles. The monoisotopic (exact) mass is 507 g/mol. The summed E-state index contributed by atoms with van der Waals surface area (Å²) in [5.41, 5.74) is 17.5. The average Bonchev–Trinajstić information content (AvgIpc) is 2.95. The molecule has 0 aliphatic heterocycles. The Labute approximate surface area is 223 Å². The second-order valence-electron chi connectivity index (χ2n) is 7.52. The van der Waals surface area contributed by atoms with E-state index in [0.717, 1.165) is 42.4 Å². The summed E-state index contributed by atoms with van der Waals surface area (Å²) in [6.07, 6.45) is 3.99. The Hall–Kier alpha value is -3.52. The van der Waals surface area contributed by atoms with Crippen LogP contribution >= 0.6 is 0 Å². The van der Waals surface area contributed by atoms with Gasteiger partial charge in [0.2, 0.25) is 0 Å². The van der Waals surface area contributed by atoms with E-state index in [-0.39, 0.29) is 6.15 Å². The lowest BCUT2D eigenvalue weighted by molar-refractivity contribution is 0.112. The van der Waals surface area contributed by atoms with Crippen LogP contribution in [0.5, 0.6) is 0 Å². The number of nitrogens with two attached hydrogens (primary N) is 2. The molecule has 7 N–H and O–H groups in total. The topological polar surface area (TPSA) is 146 Å². The van der Waals surface area contributed by atoms with E-state index in [1.54, 1.807) is 13.1 Å². The van der Waals surface area contributed by atoms with E-state index in [1.165, 1.54) is 23.7 Å². The molecular weight excluding hydrogens is 462 g/mol. The van der Waals surface area contributed by atoms with Crippen LogP contribution in [0.1, 0.15) is 59.8 Å². The van der Waals surface area contributed by atoms with Gasteiger partial charge in [0.25, 0.3) is 0 Å². The summed E-state index contributed by atoms with van der Waals surface area (Å²) < 4.78 is 0. The predicted octanol–water partition coefficient (Wildman–Crippen LogP) is 6.84. The van der Waals surface area contributed by atoms with Crippen molar-refractivity contribution in [1.82, 2.24) is 6.15 Å². The summed E-state index contributed by atoms with van der Waals surface area (Å²) in [4.78, 5) is 25.8. The second kappa shape index (κ2) is 21.7. The molecule has 0 saturated carbocycles. The van der Waals surface area contributed by atoms with Crippen molar-refractivity contribution in [3.63, 3.8) is 0 Å². The number of carbonyl (C=O) groups excluding carboxylic acids is 1. The van der Waals surface area contributed by atoms with Crippen LogP contribution in [0.3, 0.4) is 0 Å². The smallest absolute Gasteiger partial charge is 0.152 e. The van der Waals surface area contributed by atoms with Crippen molar-refractivity contribution in [3.8, 4) is 11.1 Å². The van der Waals surface area contributed by atoms with Gasteiger partial charge < -0.3 is 22.6 Å². The zero-order valence-electron chi connectivity index (χ0n) is 23.2. The highest BCUT2D eigenvalue weighted by Gasteiger charge is 2.13. The largest absolute Gasteiger partial charge is 0.344 e. The molecule has 0 saturated heterocycles. The highest BCUT2D eigenvalue weighted by atomic mass is 16.3. The molecule has 0 bridgehead atoms. The molecule has 7 nitrogen and oxygen atoms in total. The van der Waals surface area contributed by atoms with Gasteiger partial charge in [0.15, 0.2) is 6.29 Å². The Bertz CT molecular complexity index is 1050. The number of aliphatic imine (C=N–C) groups is 1. The van der Waals surface area contributed by atoms with E-state index < -0.39 is 0 Å².